The first kappa shape index (κ1) is 21.4. The smallest absolute Gasteiger partial charge is 0.306 e. The Hall–Kier alpha value is -2.80. The summed E-state index contributed by atoms with van der Waals surface area (Å²) in [6.45, 7) is 5.92. The van der Waals surface area contributed by atoms with Crippen molar-refractivity contribution in [3.05, 3.63) is 61.5 Å². The minimum atomic E-state index is -0.485. The van der Waals surface area contributed by atoms with Gasteiger partial charge in [-0.2, -0.15) is 0 Å². The summed E-state index contributed by atoms with van der Waals surface area (Å²) in [5, 5.41) is 0.682. The van der Waals surface area contributed by atoms with E-state index in [1.165, 1.54) is 4.88 Å². The van der Waals surface area contributed by atoms with Crippen LogP contribution in [0.1, 0.15) is 63.9 Å². The van der Waals surface area contributed by atoms with Gasteiger partial charge in [0.05, 0.1) is 11.8 Å². The Morgan fingerprint density at radius 1 is 1.26 bits per heavy atom. The Morgan fingerprint density at radius 2 is 2.06 bits per heavy atom. The molecule has 6 nitrogen and oxygen atoms in total. The molecule has 1 aliphatic carbocycles. The Kier molecular flexibility index (Phi) is 6.05. The van der Waals surface area contributed by atoms with Gasteiger partial charge in [0.2, 0.25) is 0 Å². The van der Waals surface area contributed by atoms with Crippen molar-refractivity contribution in [2.45, 2.75) is 59.5 Å². The number of esters is 1. The van der Waals surface area contributed by atoms with Crippen LogP contribution in [0, 0.1) is 19.8 Å². The number of aromatic nitrogens is 2. The molecular formula is C24H26N2O4S. The topological polar surface area (TPSA) is 89.1 Å². The zero-order chi connectivity index (χ0) is 22.1. The first-order valence-electron chi connectivity index (χ1n) is 10.6. The number of aromatic amines is 1. The van der Waals surface area contributed by atoms with Crippen molar-refractivity contribution in [2.24, 2.45) is 5.92 Å². The van der Waals surface area contributed by atoms with Crippen LogP contribution in [0.5, 0.6) is 0 Å². The number of ketones is 1. The molecular weight excluding hydrogens is 412 g/mol. The Bertz CT molecular complexity index is 1220. The predicted molar refractivity (Wildman–Crippen MR) is 121 cm³/mol. The highest BCUT2D eigenvalue weighted by Gasteiger charge is 2.23. The van der Waals surface area contributed by atoms with Crippen molar-refractivity contribution in [2.75, 3.05) is 0 Å². The van der Waals surface area contributed by atoms with E-state index in [-0.39, 0.29) is 30.8 Å². The molecule has 162 valence electrons. The van der Waals surface area contributed by atoms with E-state index in [0.29, 0.717) is 27.5 Å². The molecule has 1 aliphatic rings. The molecule has 31 heavy (non-hydrogen) atoms. The summed E-state index contributed by atoms with van der Waals surface area (Å²) in [6.07, 6.45) is 3.04. The number of nitrogens with zero attached hydrogens (tertiary/aromatic N) is 1. The van der Waals surface area contributed by atoms with Crippen LogP contribution in [-0.2, 0) is 29.0 Å². The van der Waals surface area contributed by atoms with E-state index in [1.807, 2.05) is 32.0 Å². The number of carbonyl (C=O) groups is 2. The normalized spacial score (nSPS) is 15.6. The van der Waals surface area contributed by atoms with Crippen molar-refractivity contribution < 1.29 is 14.3 Å². The minimum Gasteiger partial charge on any atom is -0.458 e. The lowest BCUT2D eigenvalue weighted by Crippen LogP contribution is -2.16. The van der Waals surface area contributed by atoms with Crippen molar-refractivity contribution in [1.29, 1.82) is 0 Å². The van der Waals surface area contributed by atoms with Crippen LogP contribution in [0.15, 0.2) is 23.0 Å². The number of fused-ring (bicyclic) bond motifs is 3. The molecule has 0 bridgehead atoms. The molecule has 0 amide bonds. The zero-order valence-corrected chi connectivity index (χ0v) is 18.9. The molecule has 0 unspecified atom stereocenters. The van der Waals surface area contributed by atoms with Crippen LogP contribution in [0.3, 0.4) is 0 Å². The summed E-state index contributed by atoms with van der Waals surface area (Å²) in [6, 6.07) is 5.70. The standard InChI is InChI=1S/C24H26N2O4S/c1-13-4-6-15(3)17(10-13)18(27)8-9-21(28)30-12-20-25-23(29)22-16-7-5-14(2)11-19(16)31-24(22)26-20/h4,6,10,14H,5,7-9,11-12H2,1-3H3,(H,25,26,29)/t14-/m1/s1. The third-order valence-electron chi connectivity index (χ3n) is 5.83. The van der Waals surface area contributed by atoms with Crippen molar-refractivity contribution in [1.82, 2.24) is 9.97 Å². The fraction of sp³-hybridized carbons (Fsp3) is 0.417. The van der Waals surface area contributed by atoms with Gasteiger partial charge in [-0.05, 0) is 56.2 Å². The molecule has 0 aliphatic heterocycles. The van der Waals surface area contributed by atoms with Crippen LogP contribution >= 0.6 is 11.3 Å². The Balaban J connectivity index is 1.39. The van der Waals surface area contributed by atoms with Gasteiger partial charge >= 0.3 is 5.97 Å². The molecule has 2 heterocycles. The third-order valence-corrected chi connectivity index (χ3v) is 6.98. The molecule has 0 radical (unpaired) electrons. The summed E-state index contributed by atoms with van der Waals surface area (Å²) >= 11 is 1.56. The largest absolute Gasteiger partial charge is 0.458 e. The number of aryl methyl sites for hydroxylation is 3. The highest BCUT2D eigenvalue weighted by molar-refractivity contribution is 7.18. The lowest BCUT2D eigenvalue weighted by Gasteiger charge is -2.17. The molecule has 0 fully saturated rings. The minimum absolute atomic E-state index is 0.0100. The Labute approximate surface area is 184 Å². The fourth-order valence-electron chi connectivity index (χ4n) is 4.07. The van der Waals surface area contributed by atoms with Crippen LogP contribution in [-0.4, -0.2) is 21.7 Å². The van der Waals surface area contributed by atoms with E-state index in [2.05, 4.69) is 16.9 Å². The lowest BCUT2D eigenvalue weighted by atomic mass is 9.89. The second-order valence-corrected chi connectivity index (χ2v) is 9.53. The average Bonchev–Trinajstić information content (AvgIpc) is 3.09. The molecule has 3 aromatic rings. The first-order valence-corrected chi connectivity index (χ1v) is 11.4. The van der Waals surface area contributed by atoms with Crippen LogP contribution in [0.25, 0.3) is 10.2 Å². The van der Waals surface area contributed by atoms with E-state index in [4.69, 9.17) is 4.74 Å². The summed E-state index contributed by atoms with van der Waals surface area (Å²) in [4.78, 5) is 46.4. The molecule has 1 atom stereocenters. The number of hydrogen-bond acceptors (Lipinski definition) is 6. The number of carbonyl (C=O) groups excluding carboxylic acids is 2. The molecule has 4 rings (SSSR count). The number of thiophene rings is 1. The van der Waals surface area contributed by atoms with Gasteiger partial charge in [0.1, 0.15) is 17.3 Å². The van der Waals surface area contributed by atoms with Crippen molar-refractivity contribution >= 4 is 33.3 Å². The summed E-state index contributed by atoms with van der Waals surface area (Å²) in [5.74, 6) is 0.384. The van der Waals surface area contributed by atoms with Crippen molar-refractivity contribution in [3.8, 4) is 0 Å². The number of hydrogen-bond donors (Lipinski definition) is 1. The maximum Gasteiger partial charge on any atom is 0.306 e. The number of Topliss-reactive ketones (excluding diaryl/α,β-unsaturated/α-hetero) is 1. The molecule has 7 heteroatoms. The summed E-state index contributed by atoms with van der Waals surface area (Å²) in [7, 11) is 0. The third kappa shape index (κ3) is 4.61. The average molecular weight is 439 g/mol. The van der Waals surface area contributed by atoms with Crippen LogP contribution < -0.4 is 5.56 Å². The molecule has 1 aromatic carbocycles. The monoisotopic (exact) mass is 438 g/mol. The fourth-order valence-corrected chi connectivity index (χ4v) is 5.47. The number of rotatable bonds is 6. The van der Waals surface area contributed by atoms with Gasteiger partial charge in [-0.25, -0.2) is 4.98 Å². The van der Waals surface area contributed by atoms with Crippen LogP contribution in [0.2, 0.25) is 0 Å². The Morgan fingerprint density at radius 3 is 2.87 bits per heavy atom. The maximum atomic E-state index is 12.6. The van der Waals surface area contributed by atoms with Gasteiger partial charge in [0, 0.05) is 16.9 Å². The number of nitrogens with one attached hydrogen (secondary N) is 1. The zero-order valence-electron chi connectivity index (χ0n) is 18.0. The second-order valence-electron chi connectivity index (χ2n) is 8.45. The van der Waals surface area contributed by atoms with E-state index < -0.39 is 5.97 Å². The van der Waals surface area contributed by atoms with Gasteiger partial charge in [-0.15, -0.1) is 11.3 Å². The van der Waals surface area contributed by atoms with Crippen molar-refractivity contribution in [3.63, 3.8) is 0 Å². The van der Waals surface area contributed by atoms with Gasteiger partial charge < -0.3 is 9.72 Å². The van der Waals surface area contributed by atoms with Gasteiger partial charge in [0.25, 0.3) is 5.56 Å². The van der Waals surface area contributed by atoms with Gasteiger partial charge in [-0.3, -0.25) is 14.4 Å². The molecule has 2 aromatic heterocycles. The highest BCUT2D eigenvalue weighted by Crippen LogP contribution is 2.35. The predicted octanol–water partition coefficient (Wildman–Crippen LogP) is 4.43. The molecule has 1 N–H and O–H groups in total. The number of H-pyrrole nitrogens is 1. The van der Waals surface area contributed by atoms with E-state index in [9.17, 15) is 14.4 Å². The van der Waals surface area contributed by atoms with Crippen LogP contribution in [0.4, 0.5) is 0 Å². The quantitative estimate of drug-likeness (QED) is 0.454. The second kappa shape index (κ2) is 8.75. The molecule has 0 saturated carbocycles. The van der Waals surface area contributed by atoms with Gasteiger partial charge in [-0.1, -0.05) is 24.6 Å². The summed E-state index contributed by atoms with van der Waals surface area (Å²) < 4.78 is 5.27. The molecule has 0 spiro atoms. The van der Waals surface area contributed by atoms with E-state index in [0.717, 1.165) is 36.0 Å². The first-order chi connectivity index (χ1) is 14.8. The lowest BCUT2D eigenvalue weighted by molar-refractivity contribution is -0.145. The summed E-state index contributed by atoms with van der Waals surface area (Å²) in [5.41, 5.74) is 3.49. The highest BCUT2D eigenvalue weighted by atomic mass is 32.1. The van der Waals surface area contributed by atoms with E-state index in [1.54, 1.807) is 11.3 Å². The van der Waals surface area contributed by atoms with Gasteiger partial charge in [0.15, 0.2) is 5.78 Å². The number of benzene rings is 1. The van der Waals surface area contributed by atoms with E-state index >= 15 is 0 Å². The number of ether oxygens (including phenoxy) is 1. The maximum absolute atomic E-state index is 12.6. The molecule has 0 saturated heterocycles. The SMILES string of the molecule is Cc1ccc(C)c(C(=O)CCC(=O)OCc2nc3sc4c(c3c(=O)[nH]2)CC[C@@H](C)C4)c1.